The molecule has 2 aromatic rings. The van der Waals surface area contributed by atoms with Crippen LogP contribution in [0.3, 0.4) is 0 Å². The lowest BCUT2D eigenvalue weighted by Gasteiger charge is -2.18. The fourth-order valence-corrected chi connectivity index (χ4v) is 2.69. The van der Waals surface area contributed by atoms with Crippen LogP contribution in [0, 0.1) is 11.7 Å². The van der Waals surface area contributed by atoms with Crippen molar-refractivity contribution in [2.24, 2.45) is 5.92 Å². The molecule has 0 heterocycles. The molecule has 0 aliphatic carbocycles. The van der Waals surface area contributed by atoms with Gasteiger partial charge in [0.25, 0.3) is 0 Å². The van der Waals surface area contributed by atoms with Gasteiger partial charge in [-0.15, -0.1) is 0 Å². The number of ether oxygens (including phenoxy) is 2. The largest absolute Gasteiger partial charge is 0.497 e. The first kappa shape index (κ1) is 19.7. The quantitative estimate of drug-likeness (QED) is 0.759. The number of hydrogen-bond donors (Lipinski definition) is 2. The number of amides is 1. The molecule has 0 spiro atoms. The summed E-state index contributed by atoms with van der Waals surface area (Å²) in [5.74, 6) is 0.216. The SMILES string of the molecule is COc1ccc(OC)c(C(O)CNC(=O)C(C)Cc2cccc(F)c2)c1. The van der Waals surface area contributed by atoms with Gasteiger partial charge in [-0.05, 0) is 42.3 Å². The number of aliphatic hydroxyl groups is 1. The Morgan fingerprint density at radius 1 is 1.19 bits per heavy atom. The first-order valence-electron chi connectivity index (χ1n) is 8.36. The van der Waals surface area contributed by atoms with Gasteiger partial charge in [-0.1, -0.05) is 19.1 Å². The third kappa shape index (κ3) is 5.20. The molecule has 140 valence electrons. The number of carbonyl (C=O) groups excluding carboxylic acids is 1. The molecule has 0 aliphatic rings. The van der Waals surface area contributed by atoms with Crippen molar-refractivity contribution in [1.29, 1.82) is 0 Å². The van der Waals surface area contributed by atoms with Crippen LogP contribution in [0.4, 0.5) is 4.39 Å². The Hall–Kier alpha value is -2.60. The zero-order valence-electron chi connectivity index (χ0n) is 15.2. The standard InChI is InChI=1S/C20H24FNO4/c1-13(9-14-5-4-6-15(21)10-14)20(24)22-12-18(23)17-11-16(25-2)7-8-19(17)26-3/h4-8,10-11,13,18,23H,9,12H2,1-3H3,(H,22,24). The second kappa shape index (κ2) is 9.20. The van der Waals surface area contributed by atoms with Crippen LogP contribution in [-0.2, 0) is 11.2 Å². The van der Waals surface area contributed by atoms with E-state index in [0.29, 0.717) is 23.5 Å². The minimum Gasteiger partial charge on any atom is -0.497 e. The van der Waals surface area contributed by atoms with E-state index in [1.165, 1.54) is 26.4 Å². The van der Waals surface area contributed by atoms with Crippen molar-refractivity contribution >= 4 is 5.91 Å². The number of hydrogen-bond acceptors (Lipinski definition) is 4. The molecule has 1 amide bonds. The van der Waals surface area contributed by atoms with E-state index in [9.17, 15) is 14.3 Å². The summed E-state index contributed by atoms with van der Waals surface area (Å²) in [4.78, 5) is 12.3. The lowest BCUT2D eigenvalue weighted by molar-refractivity contribution is -0.124. The molecule has 2 aromatic carbocycles. The molecule has 2 N–H and O–H groups in total. The van der Waals surface area contributed by atoms with Crippen LogP contribution in [0.25, 0.3) is 0 Å². The average Bonchev–Trinajstić information content (AvgIpc) is 2.65. The molecule has 0 radical (unpaired) electrons. The Kier molecular flexibility index (Phi) is 6.97. The Morgan fingerprint density at radius 3 is 2.62 bits per heavy atom. The van der Waals surface area contributed by atoms with Crippen molar-refractivity contribution in [2.75, 3.05) is 20.8 Å². The molecule has 0 aromatic heterocycles. The predicted molar refractivity (Wildman–Crippen MR) is 96.8 cm³/mol. The van der Waals surface area contributed by atoms with E-state index in [0.717, 1.165) is 5.56 Å². The third-order valence-corrected chi connectivity index (χ3v) is 4.14. The van der Waals surface area contributed by atoms with E-state index in [4.69, 9.17) is 9.47 Å². The first-order chi connectivity index (χ1) is 12.4. The smallest absolute Gasteiger partial charge is 0.223 e. The van der Waals surface area contributed by atoms with Crippen molar-refractivity contribution in [2.45, 2.75) is 19.4 Å². The Morgan fingerprint density at radius 2 is 1.96 bits per heavy atom. The van der Waals surface area contributed by atoms with E-state index in [1.807, 2.05) is 0 Å². The maximum Gasteiger partial charge on any atom is 0.223 e. The molecule has 5 nitrogen and oxygen atoms in total. The summed E-state index contributed by atoms with van der Waals surface area (Å²) < 4.78 is 23.6. The van der Waals surface area contributed by atoms with Crippen molar-refractivity contribution in [3.63, 3.8) is 0 Å². The fraction of sp³-hybridized carbons (Fsp3) is 0.350. The molecule has 26 heavy (non-hydrogen) atoms. The van der Waals surface area contributed by atoms with Crippen LogP contribution >= 0.6 is 0 Å². The van der Waals surface area contributed by atoms with Crippen molar-refractivity contribution in [3.8, 4) is 11.5 Å². The molecule has 2 rings (SSSR count). The number of carbonyl (C=O) groups is 1. The van der Waals surface area contributed by atoms with E-state index in [1.54, 1.807) is 37.3 Å². The summed E-state index contributed by atoms with van der Waals surface area (Å²) in [6.45, 7) is 1.80. The maximum absolute atomic E-state index is 13.2. The van der Waals surface area contributed by atoms with Crippen LogP contribution in [0.2, 0.25) is 0 Å². The number of benzene rings is 2. The van der Waals surface area contributed by atoms with Gasteiger partial charge in [-0.2, -0.15) is 0 Å². The van der Waals surface area contributed by atoms with Gasteiger partial charge in [0.05, 0.1) is 20.3 Å². The number of aliphatic hydroxyl groups excluding tert-OH is 1. The molecular formula is C20H24FNO4. The summed E-state index contributed by atoms with van der Waals surface area (Å²) in [5.41, 5.74) is 1.28. The first-order valence-corrected chi connectivity index (χ1v) is 8.36. The van der Waals surface area contributed by atoms with Crippen molar-refractivity contribution in [3.05, 3.63) is 59.4 Å². The molecule has 0 bridgehead atoms. The topological polar surface area (TPSA) is 67.8 Å². The van der Waals surface area contributed by atoms with Gasteiger partial charge >= 0.3 is 0 Å². The zero-order chi connectivity index (χ0) is 19.1. The summed E-state index contributed by atoms with van der Waals surface area (Å²) in [7, 11) is 3.05. The van der Waals surface area contributed by atoms with E-state index >= 15 is 0 Å². The van der Waals surface area contributed by atoms with E-state index in [-0.39, 0.29) is 24.2 Å². The molecule has 6 heteroatoms. The minimum absolute atomic E-state index is 0.0376. The second-order valence-electron chi connectivity index (χ2n) is 6.10. The molecule has 0 saturated heterocycles. The monoisotopic (exact) mass is 361 g/mol. The molecule has 0 aliphatic heterocycles. The Bertz CT molecular complexity index is 750. The molecular weight excluding hydrogens is 337 g/mol. The maximum atomic E-state index is 13.2. The summed E-state index contributed by atoms with van der Waals surface area (Å²) >= 11 is 0. The normalized spacial score (nSPS) is 13.0. The highest BCUT2D eigenvalue weighted by Gasteiger charge is 2.18. The Balaban J connectivity index is 1.96. The highest BCUT2D eigenvalue weighted by molar-refractivity contribution is 5.78. The van der Waals surface area contributed by atoms with Crippen LogP contribution in [0.5, 0.6) is 11.5 Å². The van der Waals surface area contributed by atoms with Crippen LogP contribution in [0.15, 0.2) is 42.5 Å². The number of rotatable bonds is 8. The van der Waals surface area contributed by atoms with Crippen LogP contribution in [0.1, 0.15) is 24.2 Å². The molecule has 0 saturated carbocycles. The number of nitrogens with one attached hydrogen (secondary N) is 1. The highest BCUT2D eigenvalue weighted by Crippen LogP contribution is 2.29. The Labute approximate surface area is 152 Å². The molecule has 2 atom stereocenters. The van der Waals surface area contributed by atoms with Gasteiger partial charge in [-0.25, -0.2) is 4.39 Å². The van der Waals surface area contributed by atoms with Gasteiger partial charge in [-0.3, -0.25) is 4.79 Å². The predicted octanol–water partition coefficient (Wildman–Crippen LogP) is 2.87. The molecule has 2 unspecified atom stereocenters. The molecule has 0 fully saturated rings. The van der Waals surface area contributed by atoms with Gasteiger partial charge in [0.1, 0.15) is 17.3 Å². The second-order valence-corrected chi connectivity index (χ2v) is 6.10. The van der Waals surface area contributed by atoms with E-state index < -0.39 is 6.10 Å². The minimum atomic E-state index is -0.939. The lowest BCUT2D eigenvalue weighted by atomic mass is 10.00. The van der Waals surface area contributed by atoms with Gasteiger partial charge in [0, 0.05) is 18.0 Å². The van der Waals surface area contributed by atoms with Gasteiger partial charge in [0.2, 0.25) is 5.91 Å². The summed E-state index contributed by atoms with van der Waals surface area (Å²) in [6.07, 6.45) is -0.521. The average molecular weight is 361 g/mol. The zero-order valence-corrected chi connectivity index (χ0v) is 15.2. The van der Waals surface area contributed by atoms with Gasteiger partial charge in [0.15, 0.2) is 0 Å². The van der Waals surface area contributed by atoms with Gasteiger partial charge < -0.3 is 19.9 Å². The highest BCUT2D eigenvalue weighted by atomic mass is 19.1. The summed E-state index contributed by atoms with van der Waals surface area (Å²) in [5, 5.41) is 13.1. The number of halogens is 1. The van der Waals surface area contributed by atoms with Crippen molar-refractivity contribution < 1.29 is 23.8 Å². The van der Waals surface area contributed by atoms with Crippen molar-refractivity contribution in [1.82, 2.24) is 5.32 Å². The summed E-state index contributed by atoms with van der Waals surface area (Å²) in [6, 6.07) is 11.3. The van der Waals surface area contributed by atoms with Crippen LogP contribution in [-0.4, -0.2) is 31.8 Å². The van der Waals surface area contributed by atoms with E-state index in [2.05, 4.69) is 5.32 Å². The number of methoxy groups -OCH3 is 2. The third-order valence-electron chi connectivity index (χ3n) is 4.14. The lowest BCUT2D eigenvalue weighted by Crippen LogP contribution is -2.33. The fourth-order valence-electron chi connectivity index (χ4n) is 2.69. The van der Waals surface area contributed by atoms with Crippen LogP contribution < -0.4 is 14.8 Å².